The van der Waals surface area contributed by atoms with Gasteiger partial charge in [0.1, 0.15) is 0 Å². The molecule has 0 aliphatic heterocycles. The summed E-state index contributed by atoms with van der Waals surface area (Å²) in [6.07, 6.45) is 8.15. The van der Waals surface area contributed by atoms with E-state index in [4.69, 9.17) is 5.41 Å². The van der Waals surface area contributed by atoms with E-state index in [1.165, 1.54) is 5.57 Å². The smallest absolute Gasteiger partial charge is 0.0385 e. The molecule has 1 rings (SSSR count). The van der Waals surface area contributed by atoms with Crippen molar-refractivity contribution in [2.45, 2.75) is 26.7 Å². The molecule has 0 aromatic rings. The molecule has 11 heavy (non-hydrogen) atoms. The van der Waals surface area contributed by atoms with Crippen molar-refractivity contribution in [1.82, 2.24) is 0 Å². The summed E-state index contributed by atoms with van der Waals surface area (Å²) in [5.74, 6) is 0.394. The van der Waals surface area contributed by atoms with E-state index in [1.807, 2.05) is 12.2 Å². The first-order chi connectivity index (χ1) is 5.29. The van der Waals surface area contributed by atoms with Crippen molar-refractivity contribution in [3.8, 4) is 0 Å². The van der Waals surface area contributed by atoms with Gasteiger partial charge in [-0.3, -0.25) is 0 Å². The molecule has 1 heteroatoms. The zero-order valence-electron chi connectivity index (χ0n) is 7.22. The Morgan fingerprint density at radius 3 is 2.64 bits per heavy atom. The molecule has 1 atom stereocenters. The van der Waals surface area contributed by atoms with E-state index in [0.29, 0.717) is 5.92 Å². The van der Waals surface area contributed by atoms with Gasteiger partial charge in [-0.05, 0) is 18.9 Å². The standard InChI is InChI=1S/C10H15N/c1-3-8-6-5-7-10(11)9(8)4-2/h5-7,9,11H,3-4H2,1-2H3. The zero-order chi connectivity index (χ0) is 8.27. The fourth-order valence-corrected chi connectivity index (χ4v) is 1.55. The average molecular weight is 149 g/mol. The second-order valence-electron chi connectivity index (χ2n) is 2.87. The Kier molecular flexibility index (Phi) is 2.64. The van der Waals surface area contributed by atoms with Gasteiger partial charge in [0.15, 0.2) is 0 Å². The molecule has 0 bridgehead atoms. The molecule has 0 aromatic carbocycles. The first-order valence-electron chi connectivity index (χ1n) is 4.25. The van der Waals surface area contributed by atoms with Gasteiger partial charge in [0.2, 0.25) is 0 Å². The summed E-state index contributed by atoms with van der Waals surface area (Å²) >= 11 is 0. The SMILES string of the molecule is CCC1=CC=CC(=N)C1CC. The van der Waals surface area contributed by atoms with Gasteiger partial charge in [-0.25, -0.2) is 0 Å². The summed E-state index contributed by atoms with van der Waals surface area (Å²) in [6.45, 7) is 4.29. The average Bonchev–Trinajstić information content (AvgIpc) is 2.04. The number of allylic oxidation sites excluding steroid dienone is 4. The van der Waals surface area contributed by atoms with Crippen LogP contribution >= 0.6 is 0 Å². The topological polar surface area (TPSA) is 23.9 Å². The molecular formula is C10H15N. The maximum Gasteiger partial charge on any atom is 0.0385 e. The lowest BCUT2D eigenvalue weighted by Crippen LogP contribution is -2.15. The van der Waals surface area contributed by atoms with E-state index in [2.05, 4.69) is 19.9 Å². The highest BCUT2D eigenvalue weighted by Gasteiger charge is 2.15. The molecule has 0 amide bonds. The maximum absolute atomic E-state index is 7.65. The highest BCUT2D eigenvalue weighted by Crippen LogP contribution is 2.23. The number of rotatable bonds is 2. The van der Waals surface area contributed by atoms with E-state index in [1.54, 1.807) is 0 Å². The predicted molar refractivity (Wildman–Crippen MR) is 49.0 cm³/mol. The van der Waals surface area contributed by atoms with Crippen LogP contribution in [0.3, 0.4) is 0 Å². The molecule has 60 valence electrons. The molecule has 1 unspecified atom stereocenters. The van der Waals surface area contributed by atoms with Crippen LogP contribution in [0, 0.1) is 11.3 Å². The summed E-state index contributed by atoms with van der Waals surface area (Å²) in [5, 5.41) is 7.65. The van der Waals surface area contributed by atoms with Crippen LogP contribution in [0.2, 0.25) is 0 Å². The fraction of sp³-hybridized carbons (Fsp3) is 0.500. The minimum absolute atomic E-state index is 0.394. The lowest BCUT2D eigenvalue weighted by Gasteiger charge is -2.19. The summed E-state index contributed by atoms with van der Waals surface area (Å²) in [6, 6.07) is 0. The minimum Gasteiger partial charge on any atom is -0.305 e. The van der Waals surface area contributed by atoms with Gasteiger partial charge in [-0.2, -0.15) is 0 Å². The van der Waals surface area contributed by atoms with Crippen LogP contribution in [0.1, 0.15) is 26.7 Å². The maximum atomic E-state index is 7.65. The van der Waals surface area contributed by atoms with Crippen molar-refractivity contribution < 1.29 is 0 Å². The van der Waals surface area contributed by atoms with Crippen LogP contribution in [0.4, 0.5) is 0 Å². The Morgan fingerprint density at radius 2 is 2.18 bits per heavy atom. The Morgan fingerprint density at radius 1 is 1.45 bits per heavy atom. The normalized spacial score (nSPS) is 23.6. The van der Waals surface area contributed by atoms with Gasteiger partial charge in [0, 0.05) is 11.6 Å². The summed E-state index contributed by atoms with van der Waals surface area (Å²) in [5.41, 5.74) is 2.17. The van der Waals surface area contributed by atoms with Gasteiger partial charge in [-0.15, -0.1) is 0 Å². The fourth-order valence-electron chi connectivity index (χ4n) is 1.55. The molecule has 0 saturated heterocycles. The lowest BCUT2D eigenvalue weighted by atomic mass is 9.86. The third-order valence-corrected chi connectivity index (χ3v) is 2.23. The van der Waals surface area contributed by atoms with Crippen LogP contribution in [0.5, 0.6) is 0 Å². The van der Waals surface area contributed by atoms with Gasteiger partial charge >= 0.3 is 0 Å². The third kappa shape index (κ3) is 1.59. The molecule has 0 radical (unpaired) electrons. The molecule has 0 heterocycles. The zero-order valence-corrected chi connectivity index (χ0v) is 7.22. The molecule has 1 aliphatic rings. The molecule has 0 aromatic heterocycles. The highest BCUT2D eigenvalue weighted by molar-refractivity contribution is 5.97. The predicted octanol–water partition coefficient (Wildman–Crippen LogP) is 2.94. The van der Waals surface area contributed by atoms with E-state index in [-0.39, 0.29) is 0 Å². The van der Waals surface area contributed by atoms with Crippen molar-refractivity contribution in [3.05, 3.63) is 23.8 Å². The third-order valence-electron chi connectivity index (χ3n) is 2.23. The molecule has 0 spiro atoms. The van der Waals surface area contributed by atoms with Crippen LogP contribution in [-0.4, -0.2) is 5.71 Å². The summed E-state index contributed by atoms with van der Waals surface area (Å²) in [7, 11) is 0. The molecule has 1 nitrogen and oxygen atoms in total. The molecule has 1 aliphatic carbocycles. The Bertz CT molecular complexity index is 211. The Labute approximate surface area is 68.3 Å². The van der Waals surface area contributed by atoms with Crippen LogP contribution in [-0.2, 0) is 0 Å². The van der Waals surface area contributed by atoms with Crippen LogP contribution in [0.25, 0.3) is 0 Å². The summed E-state index contributed by atoms with van der Waals surface area (Å²) in [4.78, 5) is 0. The van der Waals surface area contributed by atoms with Crippen molar-refractivity contribution in [3.63, 3.8) is 0 Å². The van der Waals surface area contributed by atoms with Crippen molar-refractivity contribution in [2.24, 2.45) is 5.92 Å². The number of hydrogen-bond acceptors (Lipinski definition) is 1. The summed E-state index contributed by atoms with van der Waals surface area (Å²) < 4.78 is 0. The highest BCUT2D eigenvalue weighted by atomic mass is 14.4. The molecule has 0 saturated carbocycles. The minimum atomic E-state index is 0.394. The van der Waals surface area contributed by atoms with Crippen LogP contribution in [0.15, 0.2) is 23.8 Å². The molecule has 1 N–H and O–H groups in total. The van der Waals surface area contributed by atoms with Crippen molar-refractivity contribution >= 4 is 5.71 Å². The van der Waals surface area contributed by atoms with Crippen molar-refractivity contribution in [2.75, 3.05) is 0 Å². The quantitative estimate of drug-likeness (QED) is 0.624. The number of hydrogen-bond donors (Lipinski definition) is 1. The van der Waals surface area contributed by atoms with E-state index in [0.717, 1.165) is 18.6 Å². The van der Waals surface area contributed by atoms with Crippen LogP contribution < -0.4 is 0 Å². The van der Waals surface area contributed by atoms with E-state index in [9.17, 15) is 0 Å². The largest absolute Gasteiger partial charge is 0.305 e. The van der Waals surface area contributed by atoms with Gasteiger partial charge < -0.3 is 5.41 Å². The van der Waals surface area contributed by atoms with Gasteiger partial charge in [-0.1, -0.05) is 31.6 Å². The van der Waals surface area contributed by atoms with Gasteiger partial charge in [0.25, 0.3) is 0 Å². The van der Waals surface area contributed by atoms with Gasteiger partial charge in [0.05, 0.1) is 0 Å². The molecular weight excluding hydrogens is 134 g/mol. The van der Waals surface area contributed by atoms with Crippen molar-refractivity contribution in [1.29, 1.82) is 5.41 Å². The first kappa shape index (κ1) is 8.25. The lowest BCUT2D eigenvalue weighted by molar-refractivity contribution is 0.731. The van der Waals surface area contributed by atoms with E-state index >= 15 is 0 Å². The Hall–Kier alpha value is -0.850. The second-order valence-corrected chi connectivity index (χ2v) is 2.87. The second kappa shape index (κ2) is 3.51. The Balaban J connectivity index is 2.81. The monoisotopic (exact) mass is 149 g/mol. The number of nitrogens with one attached hydrogen (secondary N) is 1. The van der Waals surface area contributed by atoms with E-state index < -0.39 is 0 Å². The molecule has 0 fully saturated rings. The first-order valence-corrected chi connectivity index (χ1v) is 4.25.